The smallest absolute Gasteiger partial charge is 0.408 e. The zero-order chi connectivity index (χ0) is 20.7. The minimum atomic E-state index is -0.631. The van der Waals surface area contributed by atoms with Crippen LogP contribution in [0.15, 0.2) is 30.3 Å². The molecule has 0 aliphatic carbocycles. The van der Waals surface area contributed by atoms with Crippen LogP contribution in [0, 0.1) is 5.92 Å². The highest BCUT2D eigenvalue weighted by atomic mass is 16.6. The maximum absolute atomic E-state index is 13.2. The van der Waals surface area contributed by atoms with E-state index in [0.717, 1.165) is 25.2 Å². The van der Waals surface area contributed by atoms with Crippen molar-refractivity contribution >= 4 is 12.0 Å². The van der Waals surface area contributed by atoms with Crippen LogP contribution in [0.4, 0.5) is 4.79 Å². The van der Waals surface area contributed by atoms with Crippen molar-refractivity contribution < 1.29 is 14.3 Å². The molecule has 1 aromatic carbocycles. The van der Waals surface area contributed by atoms with Gasteiger partial charge in [-0.1, -0.05) is 44.2 Å². The second-order valence-electron chi connectivity index (χ2n) is 8.91. The van der Waals surface area contributed by atoms with E-state index in [1.54, 1.807) is 0 Å². The lowest BCUT2D eigenvalue weighted by Crippen LogP contribution is -2.56. The van der Waals surface area contributed by atoms with Gasteiger partial charge in [0.2, 0.25) is 5.91 Å². The second kappa shape index (κ2) is 9.92. The molecule has 2 amide bonds. The lowest BCUT2D eigenvalue weighted by molar-refractivity contribution is -0.135. The lowest BCUT2D eigenvalue weighted by Gasteiger charge is -2.37. The molecule has 1 heterocycles. The van der Waals surface area contributed by atoms with E-state index in [9.17, 15) is 9.59 Å². The molecule has 0 aromatic heterocycles. The van der Waals surface area contributed by atoms with E-state index < -0.39 is 17.7 Å². The molecule has 28 heavy (non-hydrogen) atoms. The van der Waals surface area contributed by atoms with Crippen LogP contribution in [0.5, 0.6) is 0 Å². The van der Waals surface area contributed by atoms with Crippen LogP contribution in [0.3, 0.4) is 0 Å². The molecule has 0 spiro atoms. The summed E-state index contributed by atoms with van der Waals surface area (Å²) < 4.78 is 5.38. The number of ether oxygens (including phenoxy) is 1. The van der Waals surface area contributed by atoms with Gasteiger partial charge in [-0.05, 0) is 32.3 Å². The van der Waals surface area contributed by atoms with E-state index in [-0.39, 0.29) is 5.91 Å². The average Bonchev–Trinajstić information content (AvgIpc) is 2.60. The minimum absolute atomic E-state index is 0.0427. The number of amides is 2. The minimum Gasteiger partial charge on any atom is -0.444 e. The van der Waals surface area contributed by atoms with Crippen LogP contribution < -0.4 is 5.32 Å². The fourth-order valence-electron chi connectivity index (χ4n) is 3.39. The van der Waals surface area contributed by atoms with Crippen LogP contribution in [0.1, 0.15) is 40.2 Å². The molecule has 1 atom stereocenters. The number of piperazine rings is 1. The summed E-state index contributed by atoms with van der Waals surface area (Å²) in [6, 6.07) is 9.13. The van der Waals surface area contributed by atoms with E-state index in [1.807, 2.05) is 56.0 Å². The van der Waals surface area contributed by atoms with Crippen molar-refractivity contribution in [3.63, 3.8) is 0 Å². The standard InChI is InChI=1S/C22H35N3O3/c1-17(2)16-24-11-13-25(14-12-24)20(26)19(15-18-9-7-6-8-10-18)23-21(27)28-22(3,4)5/h6-10,17,19H,11-16H2,1-5H3,(H,23,27). The van der Waals surface area contributed by atoms with Crippen molar-refractivity contribution in [2.24, 2.45) is 5.92 Å². The number of nitrogens with zero attached hydrogens (tertiary/aromatic N) is 2. The molecule has 6 heteroatoms. The average molecular weight is 390 g/mol. The topological polar surface area (TPSA) is 61.9 Å². The SMILES string of the molecule is CC(C)CN1CCN(C(=O)C(Cc2ccccc2)NC(=O)OC(C)(C)C)CC1. The zero-order valence-corrected chi connectivity index (χ0v) is 17.9. The number of benzene rings is 1. The van der Waals surface area contributed by atoms with Crippen molar-refractivity contribution in [1.29, 1.82) is 0 Å². The summed E-state index contributed by atoms with van der Waals surface area (Å²) in [4.78, 5) is 29.7. The van der Waals surface area contributed by atoms with Crippen LogP contribution in [-0.2, 0) is 16.0 Å². The Morgan fingerprint density at radius 3 is 2.21 bits per heavy atom. The first-order chi connectivity index (χ1) is 13.1. The fourth-order valence-corrected chi connectivity index (χ4v) is 3.39. The van der Waals surface area contributed by atoms with E-state index in [2.05, 4.69) is 24.1 Å². The largest absolute Gasteiger partial charge is 0.444 e. The molecule has 2 rings (SSSR count). The van der Waals surface area contributed by atoms with Gasteiger partial charge in [0.05, 0.1) is 0 Å². The number of alkyl carbamates (subject to hydrolysis) is 1. The van der Waals surface area contributed by atoms with Gasteiger partial charge in [-0.3, -0.25) is 9.69 Å². The van der Waals surface area contributed by atoms with Gasteiger partial charge in [0.15, 0.2) is 0 Å². The number of hydrogen-bond donors (Lipinski definition) is 1. The number of carbonyl (C=O) groups is 2. The zero-order valence-electron chi connectivity index (χ0n) is 17.9. The first-order valence-electron chi connectivity index (χ1n) is 10.2. The molecule has 1 aromatic rings. The molecule has 0 radical (unpaired) electrons. The first kappa shape index (κ1) is 22.2. The molecule has 1 unspecified atom stereocenters. The van der Waals surface area contributed by atoms with Crippen LogP contribution in [0.2, 0.25) is 0 Å². The van der Waals surface area contributed by atoms with Crippen molar-refractivity contribution in [1.82, 2.24) is 15.1 Å². The van der Waals surface area contributed by atoms with E-state index in [1.165, 1.54) is 0 Å². The molecule has 1 aliphatic heterocycles. The molecule has 1 saturated heterocycles. The van der Waals surface area contributed by atoms with Crippen LogP contribution >= 0.6 is 0 Å². The maximum Gasteiger partial charge on any atom is 0.408 e. The Balaban J connectivity index is 2.03. The monoisotopic (exact) mass is 389 g/mol. The van der Waals surface area contributed by atoms with Crippen molar-refractivity contribution in [3.05, 3.63) is 35.9 Å². The van der Waals surface area contributed by atoms with Crippen LogP contribution in [-0.4, -0.2) is 66.2 Å². The van der Waals surface area contributed by atoms with Gasteiger partial charge in [-0.2, -0.15) is 0 Å². The van der Waals surface area contributed by atoms with Gasteiger partial charge in [0, 0.05) is 39.1 Å². The van der Waals surface area contributed by atoms with E-state index >= 15 is 0 Å². The van der Waals surface area contributed by atoms with Crippen molar-refractivity contribution in [2.45, 2.75) is 52.7 Å². The lowest BCUT2D eigenvalue weighted by atomic mass is 10.0. The quantitative estimate of drug-likeness (QED) is 0.813. The van der Waals surface area contributed by atoms with Gasteiger partial charge < -0.3 is 15.0 Å². The van der Waals surface area contributed by atoms with Gasteiger partial charge in [-0.25, -0.2) is 4.79 Å². The summed E-state index contributed by atoms with van der Waals surface area (Å²) in [6.45, 7) is 14.0. The van der Waals surface area contributed by atoms with Gasteiger partial charge in [0.1, 0.15) is 11.6 Å². The highest BCUT2D eigenvalue weighted by molar-refractivity contribution is 5.86. The molecule has 1 fully saturated rings. The summed E-state index contributed by atoms with van der Waals surface area (Å²) in [5, 5.41) is 2.80. The molecule has 6 nitrogen and oxygen atoms in total. The fraction of sp³-hybridized carbons (Fsp3) is 0.636. The van der Waals surface area contributed by atoms with Crippen molar-refractivity contribution in [2.75, 3.05) is 32.7 Å². The molecule has 0 bridgehead atoms. The molecular formula is C22H35N3O3. The third kappa shape index (κ3) is 7.50. The third-order valence-electron chi connectivity index (χ3n) is 4.58. The second-order valence-corrected chi connectivity index (χ2v) is 8.91. The van der Waals surface area contributed by atoms with E-state index in [0.29, 0.717) is 25.4 Å². The molecule has 1 N–H and O–H groups in total. The number of carbonyl (C=O) groups excluding carboxylic acids is 2. The number of hydrogen-bond acceptors (Lipinski definition) is 4. The Hall–Kier alpha value is -2.08. The Bertz CT molecular complexity index is 632. The first-order valence-corrected chi connectivity index (χ1v) is 10.2. The van der Waals surface area contributed by atoms with Gasteiger partial charge in [-0.15, -0.1) is 0 Å². The van der Waals surface area contributed by atoms with Gasteiger partial charge >= 0.3 is 6.09 Å². The molecular weight excluding hydrogens is 354 g/mol. The third-order valence-corrected chi connectivity index (χ3v) is 4.58. The highest BCUT2D eigenvalue weighted by Gasteiger charge is 2.30. The van der Waals surface area contributed by atoms with Crippen molar-refractivity contribution in [3.8, 4) is 0 Å². The number of nitrogens with one attached hydrogen (secondary N) is 1. The van der Waals surface area contributed by atoms with Gasteiger partial charge in [0.25, 0.3) is 0 Å². The normalized spacial score (nSPS) is 16.7. The summed E-state index contributed by atoms with van der Waals surface area (Å²) in [5.74, 6) is 0.570. The summed E-state index contributed by atoms with van der Waals surface area (Å²) in [6.07, 6.45) is -0.106. The highest BCUT2D eigenvalue weighted by Crippen LogP contribution is 2.12. The summed E-state index contributed by atoms with van der Waals surface area (Å²) in [7, 11) is 0. The van der Waals surface area contributed by atoms with Crippen LogP contribution in [0.25, 0.3) is 0 Å². The Kier molecular flexibility index (Phi) is 7.87. The predicted octanol–water partition coefficient (Wildman–Crippen LogP) is 2.92. The maximum atomic E-state index is 13.2. The molecule has 0 saturated carbocycles. The summed E-state index contributed by atoms with van der Waals surface area (Å²) >= 11 is 0. The number of rotatable bonds is 6. The Morgan fingerprint density at radius 1 is 1.07 bits per heavy atom. The Labute approximate surface area is 169 Å². The van der Waals surface area contributed by atoms with E-state index in [4.69, 9.17) is 4.74 Å². The predicted molar refractivity (Wildman–Crippen MR) is 111 cm³/mol. The molecule has 1 aliphatic rings. The summed E-state index contributed by atoms with van der Waals surface area (Å²) in [5.41, 5.74) is 0.405. The Morgan fingerprint density at radius 2 is 1.68 bits per heavy atom. The molecule has 156 valence electrons.